The minimum atomic E-state index is -0.827. The second kappa shape index (κ2) is 10.4. The Morgan fingerprint density at radius 2 is 0.956 bits per heavy atom. The number of para-hydroxylation sites is 1. The standard InChI is InChI=1S/C44H28O/c1-3-12-29(13-4-1)33-26-27-41-40(28-33)39-21-11-20-34(44(39)45-41)30-22-24-32(25-23-30)43-37-18-9-7-16-35(37)42(31-14-5-2-6-15-31)36-17-8-10-19-38(36)43/h1-28H/i2D,5D,6D,7D,8D,9D,10D,14D,15D,16D,17D,18D,19D,22D,23D,24D,25D. The van der Waals surface area contributed by atoms with E-state index in [4.69, 9.17) is 19.5 Å². The molecule has 0 aliphatic heterocycles. The van der Waals surface area contributed by atoms with Crippen molar-refractivity contribution in [1.29, 1.82) is 0 Å². The lowest BCUT2D eigenvalue weighted by Gasteiger charge is -2.18. The van der Waals surface area contributed by atoms with Crippen LogP contribution in [0.3, 0.4) is 0 Å². The summed E-state index contributed by atoms with van der Waals surface area (Å²) < 4.78 is 159. The Labute approximate surface area is 285 Å². The van der Waals surface area contributed by atoms with Gasteiger partial charge in [-0.25, -0.2) is 0 Å². The van der Waals surface area contributed by atoms with Crippen molar-refractivity contribution < 1.29 is 27.7 Å². The van der Waals surface area contributed by atoms with E-state index in [-0.39, 0.29) is 16.7 Å². The fourth-order valence-electron chi connectivity index (χ4n) is 5.88. The van der Waals surface area contributed by atoms with Crippen LogP contribution >= 0.6 is 0 Å². The van der Waals surface area contributed by atoms with Crippen LogP contribution in [0.4, 0.5) is 0 Å². The molecule has 0 unspecified atom stereocenters. The molecule has 8 aromatic carbocycles. The van der Waals surface area contributed by atoms with Crippen LogP contribution in [0, 0.1) is 0 Å². The number of fused-ring (bicyclic) bond motifs is 5. The molecule has 9 rings (SSSR count). The molecule has 1 heterocycles. The lowest BCUT2D eigenvalue weighted by Crippen LogP contribution is -1.90. The van der Waals surface area contributed by atoms with E-state index in [0.717, 1.165) is 16.5 Å². The first-order valence-electron chi connectivity index (χ1n) is 22.6. The van der Waals surface area contributed by atoms with E-state index in [1.807, 2.05) is 42.5 Å². The van der Waals surface area contributed by atoms with Crippen molar-refractivity contribution in [3.05, 3.63) is 169 Å². The van der Waals surface area contributed by atoms with Gasteiger partial charge in [0.2, 0.25) is 0 Å². The monoisotopic (exact) mass is 589 g/mol. The molecule has 0 spiro atoms. The molecule has 1 nitrogen and oxygen atoms in total. The first-order valence-corrected chi connectivity index (χ1v) is 14.1. The molecule has 9 aromatic rings. The predicted octanol–water partition coefficient (Wildman–Crippen LogP) is 12.6. The summed E-state index contributed by atoms with van der Waals surface area (Å²) in [6.07, 6.45) is 0. The van der Waals surface area contributed by atoms with E-state index >= 15 is 0 Å². The third kappa shape index (κ3) is 4.17. The maximum atomic E-state index is 9.52. The van der Waals surface area contributed by atoms with Crippen molar-refractivity contribution in [3.8, 4) is 44.5 Å². The average molecular weight is 590 g/mol. The lowest BCUT2D eigenvalue weighted by molar-refractivity contribution is 0.670. The second-order valence-electron chi connectivity index (χ2n) is 10.4. The van der Waals surface area contributed by atoms with Crippen LogP contribution in [0.25, 0.3) is 88.0 Å². The summed E-state index contributed by atoms with van der Waals surface area (Å²) in [5, 5.41) is -0.719. The summed E-state index contributed by atoms with van der Waals surface area (Å²) in [5.74, 6) is 0. The van der Waals surface area contributed by atoms with E-state index in [9.17, 15) is 8.22 Å². The summed E-state index contributed by atoms with van der Waals surface area (Å²) in [7, 11) is 0. The highest BCUT2D eigenvalue weighted by Crippen LogP contribution is 2.44. The van der Waals surface area contributed by atoms with E-state index < -0.39 is 147 Å². The molecule has 0 saturated heterocycles. The summed E-state index contributed by atoms with van der Waals surface area (Å²) in [5.41, 5.74) is 0.478. The molecule has 0 aliphatic rings. The van der Waals surface area contributed by atoms with E-state index in [1.54, 1.807) is 24.3 Å². The molecule has 0 atom stereocenters. The van der Waals surface area contributed by atoms with Gasteiger partial charge in [-0.2, -0.15) is 0 Å². The smallest absolute Gasteiger partial charge is 0.143 e. The van der Waals surface area contributed by atoms with Gasteiger partial charge in [-0.05, 0) is 72.6 Å². The van der Waals surface area contributed by atoms with Crippen molar-refractivity contribution in [2.45, 2.75) is 0 Å². The van der Waals surface area contributed by atoms with Crippen LogP contribution in [-0.2, 0) is 0 Å². The Hall–Kier alpha value is -5.92. The molecule has 0 radical (unpaired) electrons. The molecule has 1 heteroatoms. The fraction of sp³-hybridized carbons (Fsp3) is 0. The number of benzene rings is 8. The van der Waals surface area contributed by atoms with Crippen molar-refractivity contribution in [1.82, 2.24) is 0 Å². The predicted molar refractivity (Wildman–Crippen MR) is 190 cm³/mol. The number of furan rings is 1. The second-order valence-corrected chi connectivity index (χ2v) is 10.4. The maximum Gasteiger partial charge on any atom is 0.143 e. The zero-order chi connectivity index (χ0) is 44.5. The highest BCUT2D eigenvalue weighted by atomic mass is 16.3. The SMILES string of the molecule is [2H]c1c([2H])c([2H])c(-c2c3c([2H])c([2H])c([2H])c([2H])c3c(-c3c([2H])c([2H])c(-c4cccc5c4oc4ccc(-c6ccccc6)cc45)c([2H])c3[2H])c3c([2H])c([2H])c([2H])c([2H])c23)c([2H])c1[2H]. The normalized spacial score (nSPS) is 16.8. The number of hydrogen-bond donors (Lipinski definition) is 0. The Balaban J connectivity index is 1.44. The van der Waals surface area contributed by atoms with E-state index in [1.165, 1.54) is 0 Å². The summed E-state index contributed by atoms with van der Waals surface area (Å²) >= 11 is 0. The quantitative estimate of drug-likeness (QED) is 0.186. The molecule has 0 saturated carbocycles. The van der Waals surface area contributed by atoms with E-state index in [0.29, 0.717) is 11.0 Å². The lowest BCUT2D eigenvalue weighted by atomic mass is 9.85. The van der Waals surface area contributed by atoms with Crippen molar-refractivity contribution in [2.24, 2.45) is 0 Å². The zero-order valence-electron chi connectivity index (χ0n) is 40.3. The molecular formula is C44H28O. The van der Waals surface area contributed by atoms with Crippen LogP contribution in [0.5, 0.6) is 0 Å². The molecule has 1 aromatic heterocycles. The number of hydrogen-bond acceptors (Lipinski definition) is 1. The van der Waals surface area contributed by atoms with Crippen LogP contribution < -0.4 is 0 Å². The molecule has 210 valence electrons. The molecule has 0 bridgehead atoms. The third-order valence-electron chi connectivity index (χ3n) is 7.87. The molecule has 0 N–H and O–H groups in total. The Morgan fingerprint density at radius 3 is 1.60 bits per heavy atom. The first-order chi connectivity index (χ1) is 29.4. The van der Waals surface area contributed by atoms with Gasteiger partial charge in [0, 0.05) is 16.3 Å². The van der Waals surface area contributed by atoms with Gasteiger partial charge in [-0.15, -0.1) is 0 Å². The summed E-state index contributed by atoms with van der Waals surface area (Å²) in [6.45, 7) is 0. The largest absolute Gasteiger partial charge is 0.455 e. The Morgan fingerprint density at radius 1 is 0.378 bits per heavy atom. The maximum absolute atomic E-state index is 9.52. The molecule has 0 fully saturated rings. The molecule has 0 amide bonds. The van der Waals surface area contributed by atoms with Gasteiger partial charge < -0.3 is 4.42 Å². The van der Waals surface area contributed by atoms with Crippen molar-refractivity contribution >= 4 is 43.5 Å². The molecule has 45 heavy (non-hydrogen) atoms. The van der Waals surface area contributed by atoms with E-state index in [2.05, 4.69) is 0 Å². The van der Waals surface area contributed by atoms with Gasteiger partial charge in [-0.1, -0.05) is 157 Å². The average Bonchev–Trinajstić information content (AvgIpc) is 3.65. The highest BCUT2D eigenvalue weighted by molar-refractivity contribution is 6.21. The fourth-order valence-corrected chi connectivity index (χ4v) is 5.88. The van der Waals surface area contributed by atoms with Gasteiger partial charge in [0.05, 0.1) is 23.3 Å². The minimum Gasteiger partial charge on any atom is -0.455 e. The highest BCUT2D eigenvalue weighted by Gasteiger charge is 2.17. The topological polar surface area (TPSA) is 13.1 Å². The first kappa shape index (κ1) is 13.8. The van der Waals surface area contributed by atoms with Gasteiger partial charge in [0.1, 0.15) is 11.2 Å². The van der Waals surface area contributed by atoms with Gasteiger partial charge in [0.15, 0.2) is 0 Å². The minimum absolute atomic E-state index is 0.176. The van der Waals surface area contributed by atoms with Gasteiger partial charge in [-0.3, -0.25) is 0 Å². The number of rotatable bonds is 4. The summed E-state index contributed by atoms with van der Waals surface area (Å²) in [4.78, 5) is 0. The van der Waals surface area contributed by atoms with Crippen LogP contribution in [0.2, 0.25) is 0 Å². The third-order valence-corrected chi connectivity index (χ3v) is 7.87. The molecule has 0 aliphatic carbocycles. The van der Waals surface area contributed by atoms with Crippen molar-refractivity contribution in [2.75, 3.05) is 0 Å². The Kier molecular flexibility index (Phi) is 3.18. The van der Waals surface area contributed by atoms with Gasteiger partial charge >= 0.3 is 0 Å². The van der Waals surface area contributed by atoms with Crippen molar-refractivity contribution in [3.63, 3.8) is 0 Å². The van der Waals surface area contributed by atoms with Crippen LogP contribution in [0.1, 0.15) is 23.3 Å². The zero-order valence-corrected chi connectivity index (χ0v) is 23.3. The summed E-state index contributed by atoms with van der Waals surface area (Å²) in [6, 6.07) is 7.16. The van der Waals surface area contributed by atoms with Gasteiger partial charge in [0.25, 0.3) is 0 Å². The Bertz CT molecular complexity index is 3350. The molecular weight excluding hydrogens is 544 g/mol. The van der Waals surface area contributed by atoms with Crippen LogP contribution in [0.15, 0.2) is 174 Å². The van der Waals surface area contributed by atoms with Crippen LogP contribution in [-0.4, -0.2) is 0 Å².